The van der Waals surface area contributed by atoms with E-state index in [9.17, 15) is 0 Å². The van der Waals surface area contributed by atoms with Gasteiger partial charge in [-0.25, -0.2) is 0 Å². The Morgan fingerprint density at radius 2 is 1.23 bits per heavy atom. The first-order valence-corrected chi connectivity index (χ1v) is 4.42. The number of likely N-dealkylation sites (N-methyl/N-ethyl adjacent to an activating group) is 2. The standard InChI is InChI=1S/C10H22N2O/c1-7-9-11(3,4)13-12(5,6)10-8-2/h7-8H,1-2,9-10H2,3-6H3/q+2. The van der Waals surface area contributed by atoms with Gasteiger partial charge < -0.3 is 0 Å². The van der Waals surface area contributed by atoms with E-state index in [1.807, 2.05) is 40.3 Å². The smallest absolute Gasteiger partial charge is 0.129 e. The van der Waals surface area contributed by atoms with Crippen LogP contribution in [0.15, 0.2) is 25.3 Å². The minimum atomic E-state index is 0.477. The molecule has 3 nitrogen and oxygen atoms in total. The second-order valence-electron chi connectivity index (χ2n) is 4.17. The van der Waals surface area contributed by atoms with Gasteiger partial charge in [-0.1, -0.05) is 13.2 Å². The van der Waals surface area contributed by atoms with Crippen LogP contribution in [0.4, 0.5) is 0 Å². The third kappa shape index (κ3) is 5.58. The topological polar surface area (TPSA) is 9.23 Å². The van der Waals surface area contributed by atoms with Gasteiger partial charge in [0.2, 0.25) is 0 Å². The van der Waals surface area contributed by atoms with Crippen LogP contribution in [0.3, 0.4) is 0 Å². The summed E-state index contributed by atoms with van der Waals surface area (Å²) in [4.78, 5) is 5.84. The van der Waals surface area contributed by atoms with Gasteiger partial charge >= 0.3 is 0 Å². The Hall–Kier alpha value is -0.640. The predicted molar refractivity (Wildman–Crippen MR) is 55.4 cm³/mol. The largest absolute Gasteiger partial charge is 0.132 e. The van der Waals surface area contributed by atoms with Crippen LogP contribution in [0.1, 0.15) is 0 Å². The van der Waals surface area contributed by atoms with Gasteiger partial charge in [-0.15, -0.1) is 9.29 Å². The highest BCUT2D eigenvalue weighted by Gasteiger charge is 2.28. The Morgan fingerprint density at radius 1 is 0.923 bits per heavy atom. The van der Waals surface area contributed by atoms with Crippen LogP contribution in [0.2, 0.25) is 0 Å². The highest BCUT2D eigenvalue weighted by molar-refractivity contribution is 4.63. The van der Waals surface area contributed by atoms with E-state index in [1.165, 1.54) is 0 Å². The van der Waals surface area contributed by atoms with Gasteiger partial charge in [0.25, 0.3) is 0 Å². The number of hydrogen-bond donors (Lipinski definition) is 0. The molecule has 76 valence electrons. The first kappa shape index (κ1) is 12.4. The lowest BCUT2D eigenvalue weighted by molar-refractivity contribution is -1.32. The molecule has 0 aliphatic carbocycles. The first-order valence-electron chi connectivity index (χ1n) is 4.42. The molecule has 13 heavy (non-hydrogen) atoms. The van der Waals surface area contributed by atoms with Gasteiger partial charge in [-0.2, -0.15) is 0 Å². The molecular formula is C10H22N2O+2. The van der Waals surface area contributed by atoms with Crippen molar-refractivity contribution in [3.05, 3.63) is 25.3 Å². The summed E-state index contributed by atoms with van der Waals surface area (Å²) in [6.07, 6.45) is 3.71. The van der Waals surface area contributed by atoms with Crippen LogP contribution in [0, 0.1) is 0 Å². The Balaban J connectivity index is 4.22. The molecule has 0 atom stereocenters. The fraction of sp³-hybridized carbons (Fsp3) is 0.600. The molecule has 0 aliphatic rings. The minimum absolute atomic E-state index is 0.477. The van der Waals surface area contributed by atoms with Gasteiger partial charge in [0.1, 0.15) is 41.3 Å². The second-order valence-corrected chi connectivity index (χ2v) is 4.17. The van der Waals surface area contributed by atoms with E-state index in [2.05, 4.69) is 13.2 Å². The molecule has 0 heterocycles. The highest BCUT2D eigenvalue weighted by atomic mass is 16.9. The van der Waals surface area contributed by atoms with E-state index in [1.54, 1.807) is 0 Å². The maximum absolute atomic E-state index is 5.84. The summed E-state index contributed by atoms with van der Waals surface area (Å²) < 4.78 is 0.953. The quantitative estimate of drug-likeness (QED) is 0.346. The number of nitrogens with zero attached hydrogens (tertiary/aromatic N) is 2. The molecule has 0 N–H and O–H groups in total. The molecule has 0 aromatic rings. The molecule has 0 rings (SSSR count). The second kappa shape index (κ2) is 4.56. The molecule has 0 aromatic heterocycles. The normalized spacial score (nSPS) is 12.6. The van der Waals surface area contributed by atoms with Crippen molar-refractivity contribution in [3.63, 3.8) is 0 Å². The average Bonchev–Trinajstić information content (AvgIpc) is 1.82. The number of quaternary nitrogens is 2. The van der Waals surface area contributed by atoms with Crippen molar-refractivity contribution >= 4 is 0 Å². The summed E-state index contributed by atoms with van der Waals surface area (Å²) in [7, 11) is 8.02. The minimum Gasteiger partial charge on any atom is -0.129 e. The van der Waals surface area contributed by atoms with Crippen LogP contribution in [0.5, 0.6) is 0 Å². The SMILES string of the molecule is C=CC[N+](C)(C)O[N+](C)(C)CC=C. The zero-order valence-electron chi connectivity index (χ0n) is 9.29. The van der Waals surface area contributed by atoms with Crippen molar-refractivity contribution in [2.75, 3.05) is 41.3 Å². The van der Waals surface area contributed by atoms with Gasteiger partial charge in [-0.3, -0.25) is 0 Å². The molecule has 0 unspecified atom stereocenters. The van der Waals surface area contributed by atoms with Crippen LogP contribution in [-0.2, 0) is 4.94 Å². The van der Waals surface area contributed by atoms with Gasteiger partial charge in [-0.05, 0) is 17.1 Å². The van der Waals surface area contributed by atoms with Crippen LogP contribution >= 0.6 is 0 Å². The molecule has 0 bridgehead atoms. The molecule has 0 radical (unpaired) electrons. The lowest BCUT2D eigenvalue weighted by atomic mass is 10.5. The molecular weight excluding hydrogens is 164 g/mol. The highest BCUT2D eigenvalue weighted by Crippen LogP contribution is 2.08. The molecule has 3 heteroatoms. The summed E-state index contributed by atoms with van der Waals surface area (Å²) in [6.45, 7) is 8.98. The third-order valence-electron chi connectivity index (χ3n) is 1.58. The summed E-state index contributed by atoms with van der Waals surface area (Å²) in [5, 5.41) is 0. The Kier molecular flexibility index (Phi) is 4.33. The lowest BCUT2D eigenvalue weighted by Gasteiger charge is -2.32. The summed E-state index contributed by atoms with van der Waals surface area (Å²) in [6, 6.07) is 0. The fourth-order valence-corrected chi connectivity index (χ4v) is 1.29. The van der Waals surface area contributed by atoms with Crippen molar-refractivity contribution in [1.82, 2.24) is 0 Å². The zero-order chi connectivity index (χ0) is 10.5. The third-order valence-corrected chi connectivity index (χ3v) is 1.58. The Labute approximate surface area is 81.6 Å². The monoisotopic (exact) mass is 186 g/mol. The molecule has 0 saturated carbocycles. The molecule has 0 amide bonds. The number of rotatable bonds is 6. The number of hydroxylamine groups is 6. The van der Waals surface area contributed by atoms with Crippen molar-refractivity contribution in [2.45, 2.75) is 0 Å². The van der Waals surface area contributed by atoms with Crippen LogP contribution in [0.25, 0.3) is 0 Å². The lowest BCUT2D eigenvalue weighted by Crippen LogP contribution is -2.53. The number of hydrogen-bond acceptors (Lipinski definition) is 1. The van der Waals surface area contributed by atoms with Gasteiger partial charge in [0.05, 0.1) is 0 Å². The van der Waals surface area contributed by atoms with Crippen LogP contribution < -0.4 is 0 Å². The van der Waals surface area contributed by atoms with Crippen molar-refractivity contribution in [2.24, 2.45) is 0 Å². The summed E-state index contributed by atoms with van der Waals surface area (Å²) >= 11 is 0. The summed E-state index contributed by atoms with van der Waals surface area (Å²) in [5.41, 5.74) is 0. The van der Waals surface area contributed by atoms with Gasteiger partial charge in [0, 0.05) is 0 Å². The fourth-order valence-electron chi connectivity index (χ4n) is 1.29. The Bertz CT molecular complexity index is 165. The molecule has 0 fully saturated rings. The summed E-state index contributed by atoms with van der Waals surface area (Å²) in [5.74, 6) is 0. The van der Waals surface area contributed by atoms with E-state index in [-0.39, 0.29) is 0 Å². The predicted octanol–water partition coefficient (Wildman–Crippen LogP) is 1.36. The average molecular weight is 186 g/mol. The van der Waals surface area contributed by atoms with Crippen molar-refractivity contribution in [1.29, 1.82) is 0 Å². The van der Waals surface area contributed by atoms with Crippen molar-refractivity contribution in [3.8, 4) is 0 Å². The maximum atomic E-state index is 5.84. The van der Waals surface area contributed by atoms with Gasteiger partial charge in [0.15, 0.2) is 0 Å². The molecule has 0 saturated heterocycles. The van der Waals surface area contributed by atoms with E-state index in [0.29, 0.717) is 9.29 Å². The van der Waals surface area contributed by atoms with E-state index in [0.717, 1.165) is 13.1 Å². The first-order chi connectivity index (χ1) is 5.83. The molecule has 0 aliphatic heterocycles. The van der Waals surface area contributed by atoms with Crippen molar-refractivity contribution < 1.29 is 14.2 Å². The van der Waals surface area contributed by atoms with E-state index in [4.69, 9.17) is 4.94 Å². The van der Waals surface area contributed by atoms with E-state index >= 15 is 0 Å². The molecule has 0 spiro atoms. The molecule has 0 aromatic carbocycles. The Morgan fingerprint density at radius 3 is 1.46 bits per heavy atom. The maximum Gasteiger partial charge on any atom is 0.132 e. The van der Waals surface area contributed by atoms with Crippen LogP contribution in [-0.4, -0.2) is 50.6 Å². The van der Waals surface area contributed by atoms with E-state index < -0.39 is 0 Å². The zero-order valence-corrected chi connectivity index (χ0v) is 9.29.